The van der Waals surface area contributed by atoms with Gasteiger partial charge in [0, 0.05) is 24.8 Å². The van der Waals surface area contributed by atoms with Crippen molar-refractivity contribution in [1.82, 2.24) is 9.88 Å². The van der Waals surface area contributed by atoms with Gasteiger partial charge in [-0.3, -0.25) is 9.78 Å². The third-order valence-corrected chi connectivity index (χ3v) is 4.98. The maximum absolute atomic E-state index is 13.2. The van der Waals surface area contributed by atoms with Gasteiger partial charge in [0.25, 0.3) is 5.91 Å². The number of rotatable bonds is 6. The van der Waals surface area contributed by atoms with Gasteiger partial charge in [0.1, 0.15) is 6.61 Å². The molecule has 2 N–H and O–H groups in total. The van der Waals surface area contributed by atoms with Crippen LogP contribution in [0.5, 0.6) is 5.75 Å². The first-order valence-electron chi connectivity index (χ1n) is 9.36. The highest BCUT2D eigenvalue weighted by Gasteiger charge is 2.29. The third-order valence-electron chi connectivity index (χ3n) is 4.98. The number of hydrogen-bond donors (Lipinski definition) is 1. The Morgan fingerprint density at radius 3 is 2.81 bits per heavy atom. The molecule has 0 aliphatic heterocycles. The van der Waals surface area contributed by atoms with Gasteiger partial charge in [-0.25, -0.2) is 0 Å². The average Bonchev–Trinajstić information content (AvgIpc) is 2.68. The van der Waals surface area contributed by atoms with E-state index in [1.54, 1.807) is 18.5 Å². The number of ether oxygens (including phenoxy) is 1. The molecule has 2 atom stereocenters. The number of amides is 1. The average molecular weight is 353 g/mol. The minimum atomic E-state index is -0.00272. The molecule has 26 heavy (non-hydrogen) atoms. The predicted octanol–water partition coefficient (Wildman–Crippen LogP) is 3.39. The monoisotopic (exact) mass is 353 g/mol. The lowest BCUT2D eigenvalue weighted by molar-refractivity contribution is 0.0633. The number of aromatic nitrogens is 1. The van der Waals surface area contributed by atoms with Gasteiger partial charge in [0.15, 0.2) is 5.75 Å². The van der Waals surface area contributed by atoms with Gasteiger partial charge in [-0.2, -0.15) is 0 Å². The highest BCUT2D eigenvalue weighted by atomic mass is 16.5. The zero-order valence-electron chi connectivity index (χ0n) is 15.3. The summed E-state index contributed by atoms with van der Waals surface area (Å²) < 4.78 is 5.91. The number of pyridine rings is 1. The zero-order chi connectivity index (χ0) is 18.4. The second-order valence-electron chi connectivity index (χ2n) is 6.82. The molecule has 2 aromatic rings. The van der Waals surface area contributed by atoms with Crippen molar-refractivity contribution in [2.75, 3.05) is 6.54 Å². The van der Waals surface area contributed by atoms with Crippen molar-refractivity contribution in [3.63, 3.8) is 0 Å². The third kappa shape index (κ3) is 4.41. The van der Waals surface area contributed by atoms with Crippen LogP contribution in [0.15, 0.2) is 48.8 Å². The maximum Gasteiger partial charge on any atom is 0.257 e. The van der Waals surface area contributed by atoms with Crippen LogP contribution in [0.1, 0.15) is 48.5 Å². The van der Waals surface area contributed by atoms with Crippen LogP contribution in [0.2, 0.25) is 0 Å². The molecule has 0 unspecified atom stereocenters. The lowest BCUT2D eigenvalue weighted by Gasteiger charge is -2.36. The Balaban J connectivity index is 1.75. The maximum atomic E-state index is 13.2. The van der Waals surface area contributed by atoms with Crippen LogP contribution in [-0.2, 0) is 6.61 Å². The smallest absolute Gasteiger partial charge is 0.257 e. The molecular formula is C21H27N3O2. The van der Waals surface area contributed by atoms with E-state index >= 15 is 0 Å². The van der Waals surface area contributed by atoms with E-state index in [1.165, 1.54) is 0 Å². The van der Waals surface area contributed by atoms with E-state index in [1.807, 2.05) is 42.2 Å². The van der Waals surface area contributed by atoms with Crippen molar-refractivity contribution in [3.8, 4) is 5.75 Å². The first kappa shape index (κ1) is 18.4. The van der Waals surface area contributed by atoms with Crippen LogP contribution in [0, 0.1) is 0 Å². The van der Waals surface area contributed by atoms with Crippen LogP contribution in [0.4, 0.5) is 0 Å². The highest BCUT2D eigenvalue weighted by molar-refractivity contribution is 5.97. The fourth-order valence-corrected chi connectivity index (χ4v) is 3.61. The highest BCUT2D eigenvalue weighted by Crippen LogP contribution is 2.26. The van der Waals surface area contributed by atoms with Gasteiger partial charge in [-0.1, -0.05) is 30.3 Å². The lowest BCUT2D eigenvalue weighted by Crippen LogP contribution is -2.45. The fraction of sp³-hybridized carbons (Fsp3) is 0.429. The van der Waals surface area contributed by atoms with Crippen LogP contribution < -0.4 is 10.5 Å². The van der Waals surface area contributed by atoms with Gasteiger partial charge >= 0.3 is 0 Å². The number of nitrogens with two attached hydrogens (primary N) is 1. The molecule has 1 heterocycles. The summed E-state index contributed by atoms with van der Waals surface area (Å²) in [6, 6.07) is 12.0. The number of nitrogens with zero attached hydrogens (tertiary/aromatic N) is 2. The van der Waals surface area contributed by atoms with Crippen molar-refractivity contribution in [3.05, 3.63) is 59.9 Å². The summed E-state index contributed by atoms with van der Waals surface area (Å²) in [5.74, 6) is 0.525. The quantitative estimate of drug-likeness (QED) is 0.864. The van der Waals surface area contributed by atoms with Crippen molar-refractivity contribution >= 4 is 5.91 Å². The summed E-state index contributed by atoms with van der Waals surface area (Å²) in [5, 5.41) is 0. The molecule has 0 spiro atoms. The van der Waals surface area contributed by atoms with Gasteiger partial charge in [-0.15, -0.1) is 0 Å². The Hall–Kier alpha value is -2.40. The minimum Gasteiger partial charge on any atom is -0.486 e. The SMILES string of the molecule is CCN(C(=O)c1ccncc1OCc1ccccc1)[C@@H]1CCC[C@H](N)C1. The second kappa shape index (κ2) is 8.81. The Kier molecular flexibility index (Phi) is 6.23. The summed E-state index contributed by atoms with van der Waals surface area (Å²) in [6.07, 6.45) is 7.26. The van der Waals surface area contributed by atoms with Gasteiger partial charge in [-0.05, 0) is 44.2 Å². The van der Waals surface area contributed by atoms with Gasteiger partial charge < -0.3 is 15.4 Å². The molecule has 1 saturated carbocycles. The molecule has 1 aromatic carbocycles. The molecule has 138 valence electrons. The van der Waals surface area contributed by atoms with E-state index in [9.17, 15) is 4.79 Å². The van der Waals surface area contributed by atoms with Crippen LogP contribution in [0.25, 0.3) is 0 Å². The summed E-state index contributed by atoms with van der Waals surface area (Å²) in [5.41, 5.74) is 7.75. The predicted molar refractivity (Wildman–Crippen MR) is 102 cm³/mol. The normalized spacial score (nSPS) is 19.8. The Bertz CT molecular complexity index is 720. The summed E-state index contributed by atoms with van der Waals surface area (Å²) >= 11 is 0. The standard InChI is InChI=1S/C21H27N3O2/c1-2-24(18-10-6-9-17(22)13-18)21(25)19-11-12-23-14-20(19)26-15-16-7-4-3-5-8-16/h3-5,7-8,11-12,14,17-18H,2,6,9-10,13,15,22H2,1H3/t17-,18+/m0/s1. The molecule has 0 radical (unpaired) electrons. The molecule has 5 heteroatoms. The number of carbonyl (C=O) groups is 1. The van der Waals surface area contributed by atoms with Crippen molar-refractivity contribution in [2.45, 2.75) is 51.3 Å². The Morgan fingerprint density at radius 2 is 2.08 bits per heavy atom. The zero-order valence-corrected chi connectivity index (χ0v) is 15.3. The van der Waals surface area contributed by atoms with Gasteiger partial charge in [0.05, 0.1) is 11.8 Å². The number of hydrogen-bond acceptors (Lipinski definition) is 4. The number of carbonyl (C=O) groups excluding carboxylic acids is 1. The molecule has 1 aliphatic rings. The summed E-state index contributed by atoms with van der Waals surface area (Å²) in [7, 11) is 0. The minimum absolute atomic E-state index is 0.00272. The molecular weight excluding hydrogens is 326 g/mol. The number of benzene rings is 1. The molecule has 3 rings (SSSR count). The largest absolute Gasteiger partial charge is 0.486 e. The van der Waals surface area contributed by atoms with E-state index in [0.29, 0.717) is 24.5 Å². The Labute approximate surface area is 155 Å². The second-order valence-corrected chi connectivity index (χ2v) is 6.82. The van der Waals surface area contributed by atoms with E-state index < -0.39 is 0 Å². The molecule has 1 amide bonds. The van der Waals surface area contributed by atoms with E-state index in [4.69, 9.17) is 10.5 Å². The van der Waals surface area contributed by atoms with Crippen molar-refractivity contribution in [1.29, 1.82) is 0 Å². The first-order valence-corrected chi connectivity index (χ1v) is 9.36. The fourth-order valence-electron chi connectivity index (χ4n) is 3.61. The molecule has 5 nitrogen and oxygen atoms in total. The molecule has 1 aromatic heterocycles. The topological polar surface area (TPSA) is 68.5 Å². The first-order chi connectivity index (χ1) is 12.7. The van der Waals surface area contributed by atoms with Crippen LogP contribution in [-0.4, -0.2) is 34.4 Å². The summed E-state index contributed by atoms with van der Waals surface area (Å²) in [4.78, 5) is 19.3. The van der Waals surface area contributed by atoms with E-state index in [0.717, 1.165) is 31.2 Å². The lowest BCUT2D eigenvalue weighted by atomic mass is 9.90. The van der Waals surface area contributed by atoms with Crippen molar-refractivity contribution in [2.24, 2.45) is 5.73 Å². The molecule has 1 aliphatic carbocycles. The molecule has 0 saturated heterocycles. The summed E-state index contributed by atoms with van der Waals surface area (Å²) in [6.45, 7) is 3.09. The van der Waals surface area contributed by atoms with Crippen LogP contribution >= 0.6 is 0 Å². The van der Waals surface area contributed by atoms with E-state index in [2.05, 4.69) is 4.98 Å². The van der Waals surface area contributed by atoms with E-state index in [-0.39, 0.29) is 18.0 Å². The van der Waals surface area contributed by atoms with Crippen molar-refractivity contribution < 1.29 is 9.53 Å². The Morgan fingerprint density at radius 1 is 1.27 bits per heavy atom. The molecule has 1 fully saturated rings. The van der Waals surface area contributed by atoms with Crippen LogP contribution in [0.3, 0.4) is 0 Å². The molecule has 0 bridgehead atoms. The van der Waals surface area contributed by atoms with Gasteiger partial charge in [0.2, 0.25) is 0 Å².